The van der Waals surface area contributed by atoms with Crippen LogP contribution in [0.25, 0.3) is 5.57 Å². The fraction of sp³-hybridized carbons (Fsp3) is 0.222. The molecule has 0 aliphatic carbocycles. The smallest absolute Gasteiger partial charge is 0.310 e. The Morgan fingerprint density at radius 3 is 3.00 bits per heavy atom. The van der Waals surface area contributed by atoms with Gasteiger partial charge in [-0.15, -0.1) is 11.3 Å². The molecule has 12 heavy (non-hydrogen) atoms. The Morgan fingerprint density at radius 2 is 2.50 bits per heavy atom. The van der Waals surface area contributed by atoms with Gasteiger partial charge >= 0.3 is 5.97 Å². The summed E-state index contributed by atoms with van der Waals surface area (Å²) in [6.07, 6.45) is 0.275. The number of ether oxygens (including phenoxy) is 1. The molecule has 0 aromatic carbocycles. The van der Waals surface area contributed by atoms with Crippen LogP contribution < -0.4 is 0 Å². The molecule has 1 heterocycles. The number of methoxy groups -OCH3 is 1. The molecule has 0 N–H and O–H groups in total. The average Bonchev–Trinajstić information content (AvgIpc) is 2.56. The largest absolute Gasteiger partial charge is 0.469 e. The topological polar surface area (TPSA) is 26.3 Å². The van der Waals surface area contributed by atoms with E-state index in [1.54, 1.807) is 11.3 Å². The van der Waals surface area contributed by atoms with Crippen LogP contribution in [0.15, 0.2) is 24.1 Å². The molecule has 0 amide bonds. The third-order valence-electron chi connectivity index (χ3n) is 1.46. The van der Waals surface area contributed by atoms with E-state index in [1.807, 2.05) is 17.5 Å². The van der Waals surface area contributed by atoms with E-state index in [9.17, 15) is 4.79 Å². The van der Waals surface area contributed by atoms with Gasteiger partial charge in [0.1, 0.15) is 0 Å². The molecule has 2 nitrogen and oxygen atoms in total. The predicted molar refractivity (Wildman–Crippen MR) is 50.0 cm³/mol. The molecular formula is C9H10O2S. The number of carbonyl (C=O) groups excluding carboxylic acids is 1. The molecule has 0 aliphatic heterocycles. The first kappa shape index (κ1) is 9.00. The first-order valence-corrected chi connectivity index (χ1v) is 4.40. The summed E-state index contributed by atoms with van der Waals surface area (Å²) in [5.41, 5.74) is 0.817. The molecule has 0 atom stereocenters. The SMILES string of the molecule is C=C(CC(=O)OC)c1cccs1. The Morgan fingerprint density at radius 1 is 1.75 bits per heavy atom. The maximum atomic E-state index is 10.8. The van der Waals surface area contributed by atoms with Crippen molar-refractivity contribution in [3.63, 3.8) is 0 Å². The minimum absolute atomic E-state index is 0.242. The Bertz CT molecular complexity index is 275. The van der Waals surface area contributed by atoms with E-state index < -0.39 is 0 Å². The molecule has 3 heteroatoms. The number of carbonyl (C=O) groups is 1. The number of esters is 1. The first-order chi connectivity index (χ1) is 5.74. The van der Waals surface area contributed by atoms with E-state index in [0.717, 1.165) is 10.5 Å². The monoisotopic (exact) mass is 182 g/mol. The summed E-state index contributed by atoms with van der Waals surface area (Å²) >= 11 is 1.58. The van der Waals surface area contributed by atoms with Crippen molar-refractivity contribution in [2.24, 2.45) is 0 Å². The van der Waals surface area contributed by atoms with Crippen LogP contribution in [-0.2, 0) is 9.53 Å². The molecule has 0 saturated heterocycles. The zero-order valence-electron chi connectivity index (χ0n) is 6.87. The lowest BCUT2D eigenvalue weighted by molar-refractivity contribution is -0.139. The average molecular weight is 182 g/mol. The van der Waals surface area contributed by atoms with E-state index in [4.69, 9.17) is 0 Å². The summed E-state index contributed by atoms with van der Waals surface area (Å²) < 4.78 is 4.52. The van der Waals surface area contributed by atoms with Gasteiger partial charge in [0, 0.05) is 4.88 Å². The van der Waals surface area contributed by atoms with Gasteiger partial charge in [-0.2, -0.15) is 0 Å². The third-order valence-corrected chi connectivity index (χ3v) is 2.43. The van der Waals surface area contributed by atoms with Gasteiger partial charge in [-0.3, -0.25) is 4.79 Å². The Labute approximate surface area is 75.5 Å². The second-order valence-electron chi connectivity index (χ2n) is 2.33. The summed E-state index contributed by atoms with van der Waals surface area (Å²) in [6, 6.07) is 3.87. The summed E-state index contributed by atoms with van der Waals surface area (Å²) in [5.74, 6) is -0.242. The van der Waals surface area contributed by atoms with Crippen molar-refractivity contribution < 1.29 is 9.53 Å². The highest BCUT2D eigenvalue weighted by molar-refractivity contribution is 7.11. The molecular weight excluding hydrogens is 172 g/mol. The van der Waals surface area contributed by atoms with Crippen LogP contribution in [0.3, 0.4) is 0 Å². The van der Waals surface area contributed by atoms with Crippen molar-refractivity contribution >= 4 is 22.9 Å². The maximum absolute atomic E-state index is 10.8. The quantitative estimate of drug-likeness (QED) is 0.670. The van der Waals surface area contributed by atoms with Gasteiger partial charge in [0.05, 0.1) is 13.5 Å². The second kappa shape index (κ2) is 4.07. The molecule has 0 spiro atoms. The molecule has 1 aromatic rings. The summed E-state index contributed by atoms with van der Waals surface area (Å²) in [5, 5.41) is 1.96. The van der Waals surface area contributed by atoms with E-state index in [0.29, 0.717) is 0 Å². The van der Waals surface area contributed by atoms with Crippen LogP contribution in [0.5, 0.6) is 0 Å². The highest BCUT2D eigenvalue weighted by Gasteiger charge is 2.05. The Balaban J connectivity index is 2.56. The normalized spacial score (nSPS) is 9.42. The van der Waals surface area contributed by atoms with Gasteiger partial charge in [0.2, 0.25) is 0 Å². The van der Waals surface area contributed by atoms with E-state index >= 15 is 0 Å². The molecule has 0 aliphatic rings. The fourth-order valence-corrected chi connectivity index (χ4v) is 1.51. The van der Waals surface area contributed by atoms with Crippen LogP contribution >= 0.6 is 11.3 Å². The van der Waals surface area contributed by atoms with Gasteiger partial charge in [-0.1, -0.05) is 12.6 Å². The van der Waals surface area contributed by atoms with Gasteiger partial charge in [-0.05, 0) is 17.0 Å². The number of rotatable bonds is 3. The standard InChI is InChI=1S/C9H10O2S/c1-7(6-9(10)11-2)8-4-3-5-12-8/h3-5H,1,6H2,2H3. The Kier molecular flexibility index (Phi) is 3.05. The predicted octanol–water partition coefficient (Wildman–Crippen LogP) is 2.32. The van der Waals surface area contributed by atoms with Crippen molar-refractivity contribution in [2.75, 3.05) is 7.11 Å². The molecule has 1 rings (SSSR count). The van der Waals surface area contributed by atoms with Crippen LogP contribution in [0.4, 0.5) is 0 Å². The lowest BCUT2D eigenvalue weighted by Gasteiger charge is -1.99. The zero-order chi connectivity index (χ0) is 8.97. The molecule has 0 bridgehead atoms. The first-order valence-electron chi connectivity index (χ1n) is 3.52. The van der Waals surface area contributed by atoms with Crippen LogP contribution in [0.2, 0.25) is 0 Å². The second-order valence-corrected chi connectivity index (χ2v) is 3.28. The van der Waals surface area contributed by atoms with Gasteiger partial charge in [0.25, 0.3) is 0 Å². The number of hydrogen-bond acceptors (Lipinski definition) is 3. The van der Waals surface area contributed by atoms with Crippen molar-refractivity contribution in [3.8, 4) is 0 Å². The van der Waals surface area contributed by atoms with Gasteiger partial charge < -0.3 is 4.74 Å². The lowest BCUT2D eigenvalue weighted by atomic mass is 10.2. The number of thiophene rings is 1. The zero-order valence-corrected chi connectivity index (χ0v) is 7.69. The molecule has 0 fully saturated rings. The molecule has 0 saturated carbocycles. The van der Waals surface area contributed by atoms with Crippen molar-refractivity contribution in [2.45, 2.75) is 6.42 Å². The third kappa shape index (κ3) is 2.20. The molecule has 0 radical (unpaired) electrons. The van der Waals surface area contributed by atoms with Gasteiger partial charge in [0.15, 0.2) is 0 Å². The van der Waals surface area contributed by atoms with E-state index in [1.165, 1.54) is 7.11 Å². The van der Waals surface area contributed by atoms with Crippen molar-refractivity contribution in [1.82, 2.24) is 0 Å². The highest BCUT2D eigenvalue weighted by atomic mass is 32.1. The maximum Gasteiger partial charge on any atom is 0.310 e. The van der Waals surface area contributed by atoms with Crippen LogP contribution in [-0.4, -0.2) is 13.1 Å². The summed E-state index contributed by atoms with van der Waals surface area (Å²) in [7, 11) is 1.38. The van der Waals surface area contributed by atoms with Crippen LogP contribution in [0, 0.1) is 0 Å². The molecule has 1 aromatic heterocycles. The fourth-order valence-electron chi connectivity index (χ4n) is 0.813. The summed E-state index contributed by atoms with van der Waals surface area (Å²) in [4.78, 5) is 11.9. The van der Waals surface area contributed by atoms with Crippen LogP contribution in [0.1, 0.15) is 11.3 Å². The van der Waals surface area contributed by atoms with E-state index in [-0.39, 0.29) is 12.4 Å². The minimum Gasteiger partial charge on any atom is -0.469 e. The number of hydrogen-bond donors (Lipinski definition) is 0. The minimum atomic E-state index is -0.242. The molecule has 0 unspecified atom stereocenters. The van der Waals surface area contributed by atoms with Crippen molar-refractivity contribution in [1.29, 1.82) is 0 Å². The van der Waals surface area contributed by atoms with Crippen molar-refractivity contribution in [3.05, 3.63) is 29.0 Å². The van der Waals surface area contributed by atoms with Gasteiger partial charge in [-0.25, -0.2) is 0 Å². The Hall–Kier alpha value is -1.09. The lowest BCUT2D eigenvalue weighted by Crippen LogP contribution is -1.99. The highest BCUT2D eigenvalue weighted by Crippen LogP contribution is 2.21. The summed E-state index contributed by atoms with van der Waals surface area (Å²) in [6.45, 7) is 3.79. The van der Waals surface area contributed by atoms with E-state index in [2.05, 4.69) is 11.3 Å². The molecule has 64 valence electrons.